The summed E-state index contributed by atoms with van der Waals surface area (Å²) in [7, 11) is 0. The number of hydrogen-bond donors (Lipinski definition) is 0. The summed E-state index contributed by atoms with van der Waals surface area (Å²) >= 11 is 0. The first-order valence-electron chi connectivity index (χ1n) is 19.0. The van der Waals surface area contributed by atoms with Crippen molar-refractivity contribution >= 4 is 0 Å². The van der Waals surface area contributed by atoms with Gasteiger partial charge in [-0.25, -0.2) is 0 Å². The van der Waals surface area contributed by atoms with Crippen LogP contribution in [-0.4, -0.2) is 38.5 Å². The lowest BCUT2D eigenvalue weighted by molar-refractivity contribution is -0.248. The van der Waals surface area contributed by atoms with Crippen LogP contribution in [0.4, 0.5) is 0 Å². The Balaban J connectivity index is 1.15. The third kappa shape index (κ3) is 4.88. The topological polar surface area (TPSA) is 36.9 Å². The van der Waals surface area contributed by atoms with E-state index < -0.39 is 0 Å². The molecule has 0 aromatic rings. The maximum atomic E-state index is 6.71. The summed E-state index contributed by atoms with van der Waals surface area (Å²) < 4.78 is 25.4. The molecule has 4 unspecified atom stereocenters. The fourth-order valence-corrected chi connectivity index (χ4v) is 13.6. The van der Waals surface area contributed by atoms with Crippen LogP contribution in [0.2, 0.25) is 0 Å². The van der Waals surface area contributed by atoms with Crippen molar-refractivity contribution in [3.8, 4) is 0 Å². The van der Waals surface area contributed by atoms with E-state index in [0.717, 1.165) is 50.9 Å². The molecule has 4 nitrogen and oxygen atoms in total. The minimum absolute atomic E-state index is 0.0147. The van der Waals surface area contributed by atoms with Gasteiger partial charge in [-0.1, -0.05) is 39.5 Å². The Morgan fingerprint density at radius 2 is 1.59 bits per heavy atom. The quantitative estimate of drug-likeness (QED) is 0.213. The van der Waals surface area contributed by atoms with E-state index in [9.17, 15) is 0 Å². The van der Waals surface area contributed by atoms with Crippen molar-refractivity contribution in [3.63, 3.8) is 0 Å². The van der Waals surface area contributed by atoms with Gasteiger partial charge < -0.3 is 18.9 Å². The van der Waals surface area contributed by atoms with E-state index in [1.165, 1.54) is 101 Å². The van der Waals surface area contributed by atoms with Crippen LogP contribution >= 0.6 is 0 Å². The number of rotatable bonds is 7. The van der Waals surface area contributed by atoms with Crippen molar-refractivity contribution in [2.45, 2.75) is 156 Å². The van der Waals surface area contributed by atoms with Gasteiger partial charge in [-0.3, -0.25) is 0 Å². The lowest BCUT2D eigenvalue weighted by Gasteiger charge is -2.72. The third-order valence-corrected chi connectivity index (χ3v) is 15.7. The predicted molar refractivity (Wildman–Crippen MR) is 177 cm³/mol. The van der Waals surface area contributed by atoms with Gasteiger partial charge in [0.05, 0.1) is 12.7 Å². The first kappa shape index (κ1) is 31.9. The Kier molecular flexibility index (Phi) is 8.76. The second-order valence-corrected chi connectivity index (χ2v) is 17.3. The van der Waals surface area contributed by atoms with Crippen LogP contribution in [0, 0.1) is 51.2 Å². The fraction of sp³-hybridized carbons (Fsp3) is 0.900. The van der Waals surface area contributed by atoms with Crippen molar-refractivity contribution < 1.29 is 18.9 Å². The summed E-state index contributed by atoms with van der Waals surface area (Å²) in [4.78, 5) is 0. The van der Waals surface area contributed by atoms with Crippen molar-refractivity contribution in [1.82, 2.24) is 0 Å². The van der Waals surface area contributed by atoms with Gasteiger partial charge in [-0.05, 0) is 173 Å². The molecular weight excluding hydrogens is 544 g/mol. The zero-order valence-corrected chi connectivity index (χ0v) is 28.8. The molecule has 4 heteroatoms. The molecule has 0 aromatic heterocycles. The van der Waals surface area contributed by atoms with Crippen LogP contribution in [0.5, 0.6) is 0 Å². The first-order valence-corrected chi connectivity index (χ1v) is 19.0. The molecule has 12 atom stereocenters. The number of ether oxygens (including phenoxy) is 4. The fourth-order valence-electron chi connectivity index (χ4n) is 13.6. The minimum atomic E-state index is -0.0219. The van der Waals surface area contributed by atoms with Gasteiger partial charge in [-0.2, -0.15) is 0 Å². The normalized spacial score (nSPS) is 50.7. The van der Waals surface area contributed by atoms with Gasteiger partial charge in [0.2, 0.25) is 0 Å². The van der Waals surface area contributed by atoms with Crippen LogP contribution in [0.3, 0.4) is 0 Å². The van der Waals surface area contributed by atoms with E-state index in [2.05, 4.69) is 34.3 Å². The van der Waals surface area contributed by atoms with Crippen LogP contribution < -0.4 is 0 Å². The highest BCUT2D eigenvalue weighted by molar-refractivity contribution is 5.25. The Hall–Kier alpha value is -0.680. The predicted octanol–water partition coefficient (Wildman–Crippen LogP) is 10.0. The Labute approximate surface area is 269 Å². The van der Waals surface area contributed by atoms with E-state index in [0.29, 0.717) is 39.4 Å². The second-order valence-electron chi connectivity index (χ2n) is 17.3. The molecule has 2 aliphatic heterocycles. The maximum Gasteiger partial charge on any atom is 0.158 e. The molecule has 2 heterocycles. The molecule has 0 bridgehead atoms. The van der Waals surface area contributed by atoms with Crippen LogP contribution in [-0.2, 0) is 18.9 Å². The molecule has 0 spiro atoms. The van der Waals surface area contributed by atoms with E-state index in [-0.39, 0.29) is 18.7 Å². The van der Waals surface area contributed by atoms with Gasteiger partial charge in [0, 0.05) is 13.2 Å². The molecule has 5 saturated carbocycles. The minimum Gasteiger partial charge on any atom is -0.353 e. The molecule has 0 radical (unpaired) electrons. The lowest BCUT2D eigenvalue weighted by Crippen LogP contribution is -2.66. The van der Waals surface area contributed by atoms with E-state index >= 15 is 0 Å². The second kappa shape index (κ2) is 12.1. The monoisotopic (exact) mass is 608 g/mol. The summed E-state index contributed by atoms with van der Waals surface area (Å²) in [5.41, 5.74) is 4.22. The Bertz CT molecular complexity index is 1070. The van der Waals surface area contributed by atoms with Crippen molar-refractivity contribution in [3.05, 3.63) is 24.3 Å². The van der Waals surface area contributed by atoms with Crippen LogP contribution in [0.25, 0.3) is 0 Å². The average molecular weight is 609 g/mol. The zero-order valence-electron chi connectivity index (χ0n) is 28.8. The number of fused-ring (bicyclic) bond motifs is 7. The van der Waals surface area contributed by atoms with E-state index in [4.69, 9.17) is 25.5 Å². The molecule has 5 aliphatic carbocycles. The molecule has 7 aliphatic rings. The average Bonchev–Trinajstić information content (AvgIpc) is 3.43. The van der Waals surface area contributed by atoms with Crippen LogP contribution in [0.15, 0.2) is 24.3 Å². The third-order valence-electron chi connectivity index (χ3n) is 15.7. The van der Waals surface area contributed by atoms with Crippen molar-refractivity contribution in [1.29, 1.82) is 0 Å². The first-order chi connectivity index (χ1) is 21.2. The molecular formula is C40H64O4. The molecule has 0 amide bonds. The summed E-state index contributed by atoms with van der Waals surface area (Å²) in [6, 6.07) is 0. The van der Waals surface area contributed by atoms with Crippen molar-refractivity contribution in [2.24, 2.45) is 51.2 Å². The number of hydrogen-bond acceptors (Lipinski definition) is 4. The molecule has 248 valence electrons. The zero-order chi connectivity index (χ0) is 30.7. The highest BCUT2D eigenvalue weighted by Crippen LogP contribution is 2.77. The molecule has 0 aromatic carbocycles. The van der Waals surface area contributed by atoms with E-state index in [1.807, 2.05) is 0 Å². The summed E-state index contributed by atoms with van der Waals surface area (Å²) in [5, 5.41) is 0. The van der Waals surface area contributed by atoms with Crippen molar-refractivity contribution in [2.75, 3.05) is 19.8 Å². The summed E-state index contributed by atoms with van der Waals surface area (Å²) in [6.45, 7) is 22.4. The summed E-state index contributed by atoms with van der Waals surface area (Å²) in [5.74, 6) is 3.46. The molecule has 44 heavy (non-hydrogen) atoms. The van der Waals surface area contributed by atoms with E-state index in [1.54, 1.807) is 0 Å². The van der Waals surface area contributed by atoms with Gasteiger partial charge in [0.1, 0.15) is 0 Å². The van der Waals surface area contributed by atoms with Gasteiger partial charge in [0.25, 0.3) is 0 Å². The molecule has 2 saturated heterocycles. The maximum absolute atomic E-state index is 6.71. The number of allylic oxidation sites excluding steroid dienone is 1. The lowest BCUT2D eigenvalue weighted by atomic mass is 9.32. The van der Waals surface area contributed by atoms with Gasteiger partial charge >= 0.3 is 0 Å². The Morgan fingerprint density at radius 3 is 2.27 bits per heavy atom. The Morgan fingerprint density at radius 1 is 0.841 bits per heavy atom. The van der Waals surface area contributed by atoms with Gasteiger partial charge in [0.15, 0.2) is 12.6 Å². The summed E-state index contributed by atoms with van der Waals surface area (Å²) in [6.07, 6.45) is 21.5. The highest BCUT2D eigenvalue weighted by atomic mass is 16.7. The SMILES string of the molecule is C=C(C)C1CC[C@]2(COC3CCCCO3)CC[C@]3(CC)[C@H](CC[C@@H]4[C@@]5(C)CC[C@H](OC6CCCCO6)C(=C)[C@@H]5CC[C@]43C)C12. The van der Waals surface area contributed by atoms with Gasteiger partial charge in [-0.15, -0.1) is 0 Å². The highest BCUT2D eigenvalue weighted by Gasteiger charge is 2.70. The smallest absolute Gasteiger partial charge is 0.158 e. The molecule has 7 rings (SSSR count). The largest absolute Gasteiger partial charge is 0.353 e. The van der Waals surface area contributed by atoms with Crippen LogP contribution in [0.1, 0.15) is 137 Å². The standard InChI is InChI=1S/C40H64O4/c1-7-40-23-22-39(26-43-34-12-8-10-24-41-34)21-16-29(27(2)3)36(39)31(40)14-15-33-37(5)19-18-32(44-35-13-9-11-25-42-35)28(4)30(37)17-20-38(33,40)6/h29-36H,2,4,7-26H2,1,3,5-6H3/t29?,30-,31+,32-,33+,34?,35?,36?,37-,38+,39+,40+/m0/s1. The molecule has 0 N–H and O–H groups in total. The molecule has 7 fully saturated rings.